The molecule has 2 N–H and O–H groups in total. The lowest BCUT2D eigenvalue weighted by Gasteiger charge is -2.42. The Morgan fingerprint density at radius 1 is 1.38 bits per heavy atom. The molecule has 124 valence electrons. The quantitative estimate of drug-likeness (QED) is 0.505. The topological polar surface area (TPSA) is 75.6 Å². The molecule has 21 heavy (non-hydrogen) atoms. The number of nitrogens with one attached hydrogen (secondary N) is 1. The third kappa shape index (κ3) is 5.88. The van der Waals surface area contributed by atoms with Crippen LogP contribution in [0.1, 0.15) is 40.5 Å². The summed E-state index contributed by atoms with van der Waals surface area (Å²) in [6.07, 6.45) is 1.49. The maximum absolute atomic E-state index is 11.5. The van der Waals surface area contributed by atoms with Crippen LogP contribution in [0, 0.1) is 5.92 Å². The van der Waals surface area contributed by atoms with Crippen molar-refractivity contribution in [2.24, 2.45) is 5.92 Å². The van der Waals surface area contributed by atoms with Crippen LogP contribution < -0.4 is 5.32 Å². The van der Waals surface area contributed by atoms with Crippen molar-refractivity contribution in [1.82, 2.24) is 5.32 Å². The summed E-state index contributed by atoms with van der Waals surface area (Å²) in [6, 6.07) is -0.763. The highest BCUT2D eigenvalue weighted by Gasteiger charge is 2.43. The van der Waals surface area contributed by atoms with Crippen LogP contribution in [0.2, 0.25) is 18.1 Å². The summed E-state index contributed by atoms with van der Waals surface area (Å²) in [7, 11) is -0.454. The Morgan fingerprint density at radius 2 is 1.90 bits per heavy atom. The van der Waals surface area contributed by atoms with Gasteiger partial charge < -0.3 is 19.6 Å². The molecule has 0 bridgehead atoms. The second kappa shape index (κ2) is 8.05. The van der Waals surface area contributed by atoms with Gasteiger partial charge in [0.2, 0.25) is 0 Å². The van der Waals surface area contributed by atoms with E-state index in [0.717, 1.165) is 6.29 Å². The lowest BCUT2D eigenvalue weighted by Crippen LogP contribution is -2.55. The Kier molecular flexibility index (Phi) is 7.78. The minimum absolute atomic E-state index is 0.00197. The third-order valence-corrected chi connectivity index (χ3v) is 8.92. The molecule has 0 unspecified atom stereocenters. The Morgan fingerprint density at radius 3 is 2.24 bits per heavy atom. The molecule has 0 aliphatic heterocycles. The third-order valence-electron chi connectivity index (χ3n) is 4.44. The molecule has 0 heterocycles. The standard InChI is InChI=1S/C15H31NO4Si/c1-11(9-8-10-17)13(12(16-5)14(18)19)20-21(6,7)15(2,3)4/h10-13,16H,8-9H2,1-7H3,(H,18,19)/t11-,12+,13-/m1/s1. The molecular formula is C15H31NO4Si. The van der Waals surface area contributed by atoms with Crippen LogP contribution in [0.3, 0.4) is 0 Å². The van der Waals surface area contributed by atoms with E-state index in [1.165, 1.54) is 0 Å². The zero-order valence-electron chi connectivity index (χ0n) is 14.4. The van der Waals surface area contributed by atoms with E-state index in [4.69, 9.17) is 4.43 Å². The van der Waals surface area contributed by atoms with Crippen molar-refractivity contribution in [2.75, 3.05) is 7.05 Å². The highest BCUT2D eigenvalue weighted by molar-refractivity contribution is 6.74. The van der Waals surface area contributed by atoms with Crippen LogP contribution in [0.4, 0.5) is 0 Å². The molecule has 0 saturated heterocycles. The average Bonchev–Trinajstić information content (AvgIpc) is 2.33. The molecule has 3 atom stereocenters. The van der Waals surface area contributed by atoms with Gasteiger partial charge in [-0.15, -0.1) is 0 Å². The van der Waals surface area contributed by atoms with E-state index in [9.17, 15) is 14.7 Å². The van der Waals surface area contributed by atoms with Crippen LogP contribution in [-0.2, 0) is 14.0 Å². The van der Waals surface area contributed by atoms with Crippen LogP contribution in [0.5, 0.6) is 0 Å². The SMILES string of the molecule is CN[C@H](C(=O)O)[C@H](O[Si](C)(C)C(C)(C)C)[C@H](C)CCC=O. The molecule has 5 nitrogen and oxygen atoms in total. The van der Waals surface area contributed by atoms with Gasteiger partial charge in [0.25, 0.3) is 0 Å². The first kappa shape index (κ1) is 20.3. The highest BCUT2D eigenvalue weighted by Crippen LogP contribution is 2.38. The molecule has 0 spiro atoms. The lowest BCUT2D eigenvalue weighted by molar-refractivity contribution is -0.143. The molecule has 0 aromatic rings. The van der Waals surface area contributed by atoms with Crippen molar-refractivity contribution in [1.29, 1.82) is 0 Å². The van der Waals surface area contributed by atoms with Crippen molar-refractivity contribution in [3.63, 3.8) is 0 Å². The predicted octanol–water partition coefficient (Wildman–Crippen LogP) is 2.66. The van der Waals surface area contributed by atoms with Crippen molar-refractivity contribution >= 4 is 20.6 Å². The molecule has 0 aliphatic carbocycles. The zero-order chi connectivity index (χ0) is 16.8. The van der Waals surface area contributed by atoms with Gasteiger partial charge in [0.1, 0.15) is 12.3 Å². The van der Waals surface area contributed by atoms with Crippen molar-refractivity contribution in [2.45, 2.75) is 70.8 Å². The van der Waals surface area contributed by atoms with Gasteiger partial charge in [-0.1, -0.05) is 27.7 Å². The molecule has 6 heteroatoms. The molecule has 0 radical (unpaired) electrons. The van der Waals surface area contributed by atoms with Gasteiger partial charge in [0.15, 0.2) is 8.32 Å². The minimum atomic E-state index is -2.09. The summed E-state index contributed by atoms with van der Waals surface area (Å²) in [5, 5.41) is 12.3. The van der Waals surface area contributed by atoms with Crippen molar-refractivity contribution in [3.8, 4) is 0 Å². The number of carbonyl (C=O) groups excluding carboxylic acids is 1. The molecule has 0 fully saturated rings. The van der Waals surface area contributed by atoms with E-state index in [1.54, 1.807) is 7.05 Å². The lowest BCUT2D eigenvalue weighted by atomic mass is 9.94. The number of aliphatic carboxylic acids is 1. The second-order valence-corrected chi connectivity index (χ2v) is 11.9. The fourth-order valence-corrected chi connectivity index (χ4v) is 3.36. The Balaban J connectivity index is 5.30. The maximum atomic E-state index is 11.5. The van der Waals surface area contributed by atoms with Crippen LogP contribution in [-0.4, -0.2) is 44.9 Å². The van der Waals surface area contributed by atoms with Crippen LogP contribution in [0.25, 0.3) is 0 Å². The van der Waals surface area contributed by atoms with Gasteiger partial charge in [0.05, 0.1) is 6.10 Å². The number of aldehydes is 1. The fraction of sp³-hybridized carbons (Fsp3) is 0.867. The summed E-state index contributed by atoms with van der Waals surface area (Å²) >= 11 is 0. The fourth-order valence-electron chi connectivity index (χ4n) is 1.95. The minimum Gasteiger partial charge on any atom is -0.480 e. The monoisotopic (exact) mass is 317 g/mol. The number of rotatable bonds is 9. The van der Waals surface area contributed by atoms with Gasteiger partial charge >= 0.3 is 5.97 Å². The number of carboxylic acids is 1. The number of carboxylic acid groups (broad SMARTS) is 1. The molecular weight excluding hydrogens is 286 g/mol. The molecule has 0 aliphatic rings. The van der Waals surface area contributed by atoms with E-state index in [2.05, 4.69) is 39.2 Å². The Labute approximate surface area is 129 Å². The van der Waals surface area contributed by atoms with Gasteiger partial charge in [-0.25, -0.2) is 0 Å². The zero-order valence-corrected chi connectivity index (χ0v) is 15.4. The number of hydrogen-bond acceptors (Lipinski definition) is 4. The average molecular weight is 318 g/mol. The number of carbonyl (C=O) groups is 2. The van der Waals surface area contributed by atoms with Crippen LogP contribution >= 0.6 is 0 Å². The van der Waals surface area contributed by atoms with Crippen LogP contribution in [0.15, 0.2) is 0 Å². The number of hydrogen-bond donors (Lipinski definition) is 2. The Hall–Kier alpha value is -0.723. The van der Waals surface area contributed by atoms with Crippen molar-refractivity contribution in [3.05, 3.63) is 0 Å². The molecule has 0 aromatic heterocycles. The largest absolute Gasteiger partial charge is 0.480 e. The first-order valence-electron chi connectivity index (χ1n) is 7.49. The van der Waals surface area contributed by atoms with E-state index in [1.807, 2.05) is 6.92 Å². The second-order valence-electron chi connectivity index (χ2n) is 7.17. The van der Waals surface area contributed by atoms with E-state index in [0.29, 0.717) is 12.8 Å². The summed E-state index contributed by atoms with van der Waals surface area (Å²) in [5.74, 6) is -0.919. The van der Waals surface area contributed by atoms with Gasteiger partial charge in [-0.2, -0.15) is 0 Å². The summed E-state index contributed by atoms with van der Waals surface area (Å²) in [5.41, 5.74) is 0. The normalized spacial score (nSPS) is 17.1. The summed E-state index contributed by atoms with van der Waals surface area (Å²) < 4.78 is 6.36. The summed E-state index contributed by atoms with van der Waals surface area (Å²) in [6.45, 7) is 12.6. The maximum Gasteiger partial charge on any atom is 0.323 e. The van der Waals surface area contributed by atoms with E-state index < -0.39 is 26.4 Å². The van der Waals surface area contributed by atoms with E-state index >= 15 is 0 Å². The van der Waals surface area contributed by atoms with Gasteiger partial charge in [0, 0.05) is 6.42 Å². The number of likely N-dealkylation sites (N-methyl/N-ethyl adjacent to an activating group) is 1. The molecule has 0 aromatic carbocycles. The first-order chi connectivity index (χ1) is 9.47. The highest BCUT2D eigenvalue weighted by atomic mass is 28.4. The molecule has 0 saturated carbocycles. The van der Waals surface area contributed by atoms with Gasteiger partial charge in [-0.05, 0) is 37.5 Å². The predicted molar refractivity (Wildman–Crippen MR) is 87.0 cm³/mol. The Bertz CT molecular complexity index is 352. The molecule has 0 rings (SSSR count). The summed E-state index contributed by atoms with van der Waals surface area (Å²) in [4.78, 5) is 22.1. The van der Waals surface area contributed by atoms with Crippen molar-refractivity contribution < 1.29 is 19.1 Å². The van der Waals surface area contributed by atoms with Gasteiger partial charge in [-0.3, -0.25) is 4.79 Å². The smallest absolute Gasteiger partial charge is 0.323 e. The van der Waals surface area contributed by atoms with E-state index in [-0.39, 0.29) is 11.0 Å². The first-order valence-corrected chi connectivity index (χ1v) is 10.4. The molecule has 0 amide bonds.